The summed E-state index contributed by atoms with van der Waals surface area (Å²) >= 11 is 0. The molecule has 1 saturated carbocycles. The van der Waals surface area contributed by atoms with Crippen LogP contribution in [0.25, 0.3) is 11.3 Å². The van der Waals surface area contributed by atoms with Crippen LogP contribution in [0.1, 0.15) is 40.7 Å². The van der Waals surface area contributed by atoms with Crippen molar-refractivity contribution < 1.29 is 19.1 Å². The first-order chi connectivity index (χ1) is 14.1. The Labute approximate surface area is 169 Å². The van der Waals surface area contributed by atoms with Crippen molar-refractivity contribution in [2.45, 2.75) is 37.8 Å². The number of esters is 1. The van der Waals surface area contributed by atoms with E-state index in [2.05, 4.69) is 23.5 Å². The second-order valence-corrected chi connectivity index (χ2v) is 7.99. The van der Waals surface area contributed by atoms with Gasteiger partial charge in [-0.1, -0.05) is 42.5 Å². The van der Waals surface area contributed by atoms with E-state index in [1.807, 2.05) is 24.3 Å². The molecule has 5 nitrogen and oxygen atoms in total. The topological polar surface area (TPSA) is 64.6 Å². The van der Waals surface area contributed by atoms with Crippen molar-refractivity contribution in [1.29, 1.82) is 0 Å². The Kier molecular flexibility index (Phi) is 4.28. The highest BCUT2D eigenvalue weighted by Gasteiger charge is 2.50. The largest absolute Gasteiger partial charge is 0.487 e. The van der Waals surface area contributed by atoms with Crippen LogP contribution in [0.15, 0.2) is 42.5 Å². The number of carbonyl (C=O) groups excluding carboxylic acids is 2. The van der Waals surface area contributed by atoms with E-state index in [0.29, 0.717) is 30.9 Å². The van der Waals surface area contributed by atoms with E-state index in [1.54, 1.807) is 0 Å². The van der Waals surface area contributed by atoms with Gasteiger partial charge in [0.15, 0.2) is 5.78 Å². The first-order valence-electron chi connectivity index (χ1n) is 10.1. The monoisotopic (exact) mass is 389 g/mol. The van der Waals surface area contributed by atoms with E-state index >= 15 is 0 Å². The number of methoxy groups -OCH3 is 1. The smallest absolute Gasteiger partial charge is 0.326 e. The summed E-state index contributed by atoms with van der Waals surface area (Å²) in [6, 6.07) is 14.2. The van der Waals surface area contributed by atoms with E-state index < -0.39 is 5.54 Å². The maximum Gasteiger partial charge on any atom is 0.326 e. The van der Waals surface area contributed by atoms with Crippen LogP contribution in [0.3, 0.4) is 0 Å². The first-order valence-corrected chi connectivity index (χ1v) is 10.1. The zero-order valence-electron chi connectivity index (χ0n) is 16.4. The Balaban J connectivity index is 1.35. The second-order valence-electron chi connectivity index (χ2n) is 7.99. The molecule has 0 amide bonds. The Bertz CT molecular complexity index is 1050. The molecule has 29 heavy (non-hydrogen) atoms. The summed E-state index contributed by atoms with van der Waals surface area (Å²) in [7, 11) is 1.43. The van der Waals surface area contributed by atoms with Gasteiger partial charge in [-0.05, 0) is 36.0 Å². The molecular weight excluding hydrogens is 366 g/mol. The van der Waals surface area contributed by atoms with Crippen molar-refractivity contribution in [3.63, 3.8) is 0 Å². The van der Waals surface area contributed by atoms with E-state index in [4.69, 9.17) is 9.47 Å². The number of nitrogens with one attached hydrogen (secondary N) is 1. The van der Waals surface area contributed by atoms with Crippen LogP contribution in [0, 0.1) is 0 Å². The molecule has 148 valence electrons. The number of rotatable bonds is 5. The SMILES string of the molecule is COC(=O)C1(NCCc2ccc3c(c2)CO/C3=C2/C(=O)Cc3ccccc32)CC1. The normalized spacial score (nSPS) is 20.8. The summed E-state index contributed by atoms with van der Waals surface area (Å²) < 4.78 is 10.9. The molecule has 2 aromatic rings. The number of ether oxygens (including phenoxy) is 2. The molecule has 0 radical (unpaired) electrons. The van der Waals surface area contributed by atoms with Crippen molar-refractivity contribution in [2.75, 3.05) is 13.7 Å². The van der Waals surface area contributed by atoms with Gasteiger partial charge in [0.05, 0.1) is 12.7 Å². The number of hydrogen-bond acceptors (Lipinski definition) is 5. The summed E-state index contributed by atoms with van der Waals surface area (Å²) in [5, 5.41) is 3.35. The summed E-state index contributed by atoms with van der Waals surface area (Å²) in [6.45, 7) is 1.20. The van der Waals surface area contributed by atoms with E-state index in [9.17, 15) is 9.59 Å². The Morgan fingerprint density at radius 1 is 1.14 bits per heavy atom. The third kappa shape index (κ3) is 3.06. The Morgan fingerprint density at radius 3 is 2.76 bits per heavy atom. The molecule has 1 fully saturated rings. The molecule has 5 rings (SSSR count). The predicted molar refractivity (Wildman–Crippen MR) is 109 cm³/mol. The fraction of sp³-hybridized carbons (Fsp3) is 0.333. The number of ketones is 1. The third-order valence-corrected chi connectivity index (χ3v) is 6.13. The molecule has 0 spiro atoms. The molecule has 2 aliphatic carbocycles. The van der Waals surface area contributed by atoms with Crippen molar-refractivity contribution in [3.05, 3.63) is 70.3 Å². The number of fused-ring (bicyclic) bond motifs is 2. The van der Waals surface area contributed by atoms with E-state index in [0.717, 1.165) is 41.5 Å². The number of allylic oxidation sites excluding steroid dienone is 1. The maximum atomic E-state index is 12.6. The average Bonchev–Trinajstić information content (AvgIpc) is 3.30. The molecule has 0 bridgehead atoms. The number of benzene rings is 2. The highest BCUT2D eigenvalue weighted by Crippen LogP contribution is 2.41. The first kappa shape index (κ1) is 18.1. The zero-order valence-corrected chi connectivity index (χ0v) is 16.4. The van der Waals surface area contributed by atoms with Crippen LogP contribution in [-0.2, 0) is 38.5 Å². The molecule has 0 unspecified atom stereocenters. The fourth-order valence-corrected chi connectivity index (χ4v) is 4.38. The highest BCUT2D eigenvalue weighted by molar-refractivity contribution is 6.31. The number of hydrogen-bond donors (Lipinski definition) is 1. The highest BCUT2D eigenvalue weighted by atomic mass is 16.5. The van der Waals surface area contributed by atoms with Gasteiger partial charge >= 0.3 is 5.97 Å². The minimum atomic E-state index is -0.470. The lowest BCUT2D eigenvalue weighted by Gasteiger charge is -2.14. The molecule has 1 N–H and O–H groups in total. The minimum Gasteiger partial charge on any atom is -0.487 e. The Hall–Kier alpha value is -2.92. The average molecular weight is 389 g/mol. The van der Waals surface area contributed by atoms with Gasteiger partial charge in [-0.25, -0.2) is 0 Å². The number of carbonyl (C=O) groups is 2. The van der Waals surface area contributed by atoms with Gasteiger partial charge in [-0.3, -0.25) is 9.59 Å². The van der Waals surface area contributed by atoms with Gasteiger partial charge in [-0.15, -0.1) is 0 Å². The van der Waals surface area contributed by atoms with Gasteiger partial charge in [-0.2, -0.15) is 0 Å². The maximum absolute atomic E-state index is 12.6. The van der Waals surface area contributed by atoms with Crippen LogP contribution in [0.5, 0.6) is 0 Å². The molecule has 0 saturated heterocycles. The van der Waals surface area contributed by atoms with Crippen LogP contribution in [0.4, 0.5) is 0 Å². The predicted octanol–water partition coefficient (Wildman–Crippen LogP) is 3.05. The van der Waals surface area contributed by atoms with Crippen LogP contribution < -0.4 is 5.32 Å². The van der Waals surface area contributed by atoms with Gasteiger partial charge in [0.2, 0.25) is 0 Å². The molecule has 3 aliphatic rings. The molecule has 0 atom stereocenters. The Morgan fingerprint density at radius 2 is 1.97 bits per heavy atom. The van der Waals surface area contributed by atoms with Crippen molar-refractivity contribution >= 4 is 23.1 Å². The van der Waals surface area contributed by atoms with Crippen LogP contribution in [-0.4, -0.2) is 30.9 Å². The third-order valence-electron chi connectivity index (χ3n) is 6.13. The summed E-state index contributed by atoms with van der Waals surface area (Å²) in [6.07, 6.45) is 2.94. The summed E-state index contributed by atoms with van der Waals surface area (Å²) in [5.41, 5.74) is 5.60. The standard InChI is InChI=1S/C24H23NO4/c1-28-23(27)24(9-10-24)25-11-8-15-6-7-19-17(12-15)14-29-22(19)21-18-5-3-2-4-16(18)13-20(21)26/h2-7,12,25H,8-11,13-14H2,1H3/b22-21+. The molecule has 5 heteroatoms. The van der Waals surface area contributed by atoms with Gasteiger partial charge < -0.3 is 14.8 Å². The summed E-state index contributed by atoms with van der Waals surface area (Å²) in [4.78, 5) is 24.5. The van der Waals surface area contributed by atoms with Crippen LogP contribution >= 0.6 is 0 Å². The molecule has 1 aliphatic heterocycles. The van der Waals surface area contributed by atoms with Gasteiger partial charge in [0.25, 0.3) is 0 Å². The van der Waals surface area contributed by atoms with Crippen LogP contribution in [0.2, 0.25) is 0 Å². The lowest BCUT2D eigenvalue weighted by Crippen LogP contribution is -2.41. The minimum absolute atomic E-state index is 0.125. The number of Topliss-reactive ketones (excluding diaryl/α,β-unsaturated/α-hetero) is 1. The van der Waals surface area contributed by atoms with Crippen molar-refractivity contribution in [1.82, 2.24) is 5.32 Å². The lowest BCUT2D eigenvalue weighted by molar-refractivity contribution is -0.144. The van der Waals surface area contributed by atoms with Gasteiger partial charge in [0.1, 0.15) is 17.9 Å². The quantitative estimate of drug-likeness (QED) is 0.629. The van der Waals surface area contributed by atoms with E-state index in [-0.39, 0.29) is 11.8 Å². The second kappa shape index (κ2) is 6.85. The molecule has 2 aromatic carbocycles. The van der Waals surface area contributed by atoms with Gasteiger partial charge in [0, 0.05) is 24.1 Å². The lowest BCUT2D eigenvalue weighted by atomic mass is 9.98. The van der Waals surface area contributed by atoms with E-state index in [1.165, 1.54) is 12.7 Å². The van der Waals surface area contributed by atoms with Crippen molar-refractivity contribution in [3.8, 4) is 0 Å². The van der Waals surface area contributed by atoms with Crippen molar-refractivity contribution in [2.24, 2.45) is 0 Å². The zero-order chi connectivity index (χ0) is 20.0. The molecule has 0 aromatic heterocycles. The molecule has 1 heterocycles. The molecular formula is C24H23NO4. The fourth-order valence-electron chi connectivity index (χ4n) is 4.38. The summed E-state index contributed by atoms with van der Waals surface area (Å²) in [5.74, 6) is 0.666.